The van der Waals surface area contributed by atoms with Gasteiger partial charge in [0.1, 0.15) is 0 Å². The van der Waals surface area contributed by atoms with Gasteiger partial charge in [-0.05, 0) is 62.2 Å². The van der Waals surface area contributed by atoms with Gasteiger partial charge in [-0.25, -0.2) is 22.2 Å². The molecule has 33 heavy (non-hydrogen) atoms. The van der Waals surface area contributed by atoms with Crippen LogP contribution in [0.5, 0.6) is 0 Å². The van der Waals surface area contributed by atoms with Crippen LogP contribution in [0.1, 0.15) is 32.7 Å². The van der Waals surface area contributed by atoms with Crippen molar-refractivity contribution in [3.05, 3.63) is 89.3 Å². The molecule has 0 radical (unpaired) electrons. The summed E-state index contributed by atoms with van der Waals surface area (Å²) in [7, 11) is -2.46. The lowest BCUT2D eigenvalue weighted by atomic mass is 9.99. The van der Waals surface area contributed by atoms with E-state index in [1.54, 1.807) is 48.7 Å². The molecular weight excluding hydrogens is 436 g/mol. The summed E-state index contributed by atoms with van der Waals surface area (Å²) in [6.45, 7) is 9.38. The van der Waals surface area contributed by atoms with Gasteiger partial charge < -0.3 is 4.74 Å². The van der Waals surface area contributed by atoms with E-state index in [1.165, 1.54) is 17.2 Å². The second kappa shape index (κ2) is 8.33. The molecule has 168 valence electrons. The zero-order valence-corrected chi connectivity index (χ0v) is 19.7. The zero-order valence-electron chi connectivity index (χ0n) is 18.9. The molecule has 0 saturated carbocycles. The fraction of sp³-hybridized carbons (Fsp3) is 0.154. The molecule has 2 heterocycles. The first-order valence-corrected chi connectivity index (χ1v) is 11.8. The van der Waals surface area contributed by atoms with Gasteiger partial charge in [-0.15, -0.1) is 0 Å². The van der Waals surface area contributed by atoms with E-state index in [2.05, 4.69) is 11.6 Å². The molecule has 2 aromatic heterocycles. The van der Waals surface area contributed by atoms with Crippen LogP contribution in [0.25, 0.3) is 28.2 Å². The third-order valence-corrected chi connectivity index (χ3v) is 7.35. The fourth-order valence-corrected chi connectivity index (χ4v) is 5.45. The van der Waals surface area contributed by atoms with Crippen LogP contribution in [0, 0.1) is 20.8 Å². The maximum Gasteiger partial charge on any atom is 0.340 e. The highest BCUT2D eigenvalue weighted by Gasteiger charge is 2.23. The van der Waals surface area contributed by atoms with E-state index in [9.17, 15) is 13.2 Å². The molecule has 0 amide bonds. The molecule has 0 aliphatic carbocycles. The molecule has 6 nitrogen and oxygen atoms in total. The van der Waals surface area contributed by atoms with Gasteiger partial charge in [-0.1, -0.05) is 36.4 Å². The van der Waals surface area contributed by atoms with E-state index in [-0.39, 0.29) is 4.90 Å². The molecule has 2 aromatic carbocycles. The molecule has 7 heteroatoms. The number of carbonyl (C=O) groups excluding carboxylic acids is 1. The van der Waals surface area contributed by atoms with Crippen LogP contribution in [0.3, 0.4) is 0 Å². The van der Waals surface area contributed by atoms with Crippen LogP contribution in [0.15, 0.2) is 66.2 Å². The smallest absolute Gasteiger partial charge is 0.340 e. The summed E-state index contributed by atoms with van der Waals surface area (Å²) < 4.78 is 33.0. The number of fused-ring (bicyclic) bond motifs is 1. The monoisotopic (exact) mass is 460 g/mol. The van der Waals surface area contributed by atoms with Crippen LogP contribution in [0.2, 0.25) is 0 Å². The third-order valence-electron chi connectivity index (χ3n) is 5.67. The summed E-state index contributed by atoms with van der Waals surface area (Å²) in [5.74, 6) is -0.480. The Labute approximate surface area is 193 Å². The predicted molar refractivity (Wildman–Crippen MR) is 130 cm³/mol. The summed E-state index contributed by atoms with van der Waals surface area (Å²) in [5.41, 5.74) is 5.20. The Morgan fingerprint density at radius 3 is 2.39 bits per heavy atom. The van der Waals surface area contributed by atoms with Crippen molar-refractivity contribution in [2.75, 3.05) is 7.11 Å². The van der Waals surface area contributed by atoms with Gasteiger partial charge in [0.2, 0.25) is 0 Å². The lowest BCUT2D eigenvalue weighted by Crippen LogP contribution is -2.11. The van der Waals surface area contributed by atoms with Gasteiger partial charge in [-0.3, -0.25) is 0 Å². The number of benzene rings is 2. The number of esters is 1. The first kappa shape index (κ1) is 22.5. The van der Waals surface area contributed by atoms with Gasteiger partial charge in [-0.2, -0.15) is 0 Å². The lowest BCUT2D eigenvalue weighted by Gasteiger charge is -2.12. The quantitative estimate of drug-likeness (QED) is 0.378. The number of rotatable bonds is 5. The summed E-state index contributed by atoms with van der Waals surface area (Å²) in [4.78, 5) is 17.1. The average molecular weight is 461 g/mol. The van der Waals surface area contributed by atoms with Crippen molar-refractivity contribution in [3.8, 4) is 11.3 Å². The van der Waals surface area contributed by atoms with Crippen LogP contribution in [-0.4, -0.2) is 30.5 Å². The van der Waals surface area contributed by atoms with Crippen molar-refractivity contribution < 1.29 is 17.9 Å². The van der Waals surface area contributed by atoms with Crippen LogP contribution < -0.4 is 0 Å². The summed E-state index contributed by atoms with van der Waals surface area (Å²) >= 11 is 0. The highest BCUT2D eigenvalue weighted by Crippen LogP contribution is 2.34. The molecule has 4 rings (SSSR count). The number of methoxy groups -OCH3 is 1. The van der Waals surface area contributed by atoms with Gasteiger partial charge in [0, 0.05) is 17.1 Å². The number of ether oxygens (including phenoxy) is 1. The summed E-state index contributed by atoms with van der Waals surface area (Å²) in [5, 5.41) is 0.779. The normalized spacial score (nSPS) is 11.5. The molecular formula is C26H24N2O4S. The molecule has 0 N–H and O–H groups in total. The zero-order chi connectivity index (χ0) is 23.9. The van der Waals surface area contributed by atoms with E-state index >= 15 is 0 Å². The standard InChI is InChI=1S/C26H24N2O4S/c1-6-21-25(26(29)32-5)17(3)14-22(27-21)20-8-7-9-23-24(20)18(4)15-28(23)33(30,31)19-12-10-16(2)11-13-19/h6-15H,1H2,2-5H3. The predicted octanol–water partition coefficient (Wildman–Crippen LogP) is 5.30. The Balaban J connectivity index is 1.95. The summed E-state index contributed by atoms with van der Waals surface area (Å²) in [6.07, 6.45) is 3.15. The maximum absolute atomic E-state index is 13.4. The molecule has 0 atom stereocenters. The Kier molecular flexibility index (Phi) is 5.68. The molecule has 0 saturated heterocycles. The largest absolute Gasteiger partial charge is 0.465 e. The van der Waals surface area contributed by atoms with Crippen molar-refractivity contribution in [1.82, 2.24) is 8.96 Å². The number of hydrogen-bond donors (Lipinski definition) is 0. The fourth-order valence-electron chi connectivity index (χ4n) is 4.03. The van der Waals surface area contributed by atoms with E-state index < -0.39 is 16.0 Å². The Hall–Kier alpha value is -3.71. The second-order valence-corrected chi connectivity index (χ2v) is 9.72. The number of aryl methyl sites for hydroxylation is 3. The van der Waals surface area contributed by atoms with Crippen LogP contribution >= 0.6 is 0 Å². The van der Waals surface area contributed by atoms with E-state index in [1.807, 2.05) is 26.8 Å². The number of carbonyl (C=O) groups is 1. The Bertz CT molecular complexity index is 1510. The highest BCUT2D eigenvalue weighted by molar-refractivity contribution is 7.90. The number of hydrogen-bond acceptors (Lipinski definition) is 5. The first-order chi connectivity index (χ1) is 15.7. The highest BCUT2D eigenvalue weighted by atomic mass is 32.2. The molecule has 0 spiro atoms. The van der Waals surface area contributed by atoms with Crippen LogP contribution in [-0.2, 0) is 14.8 Å². The van der Waals surface area contributed by atoms with E-state index in [4.69, 9.17) is 4.74 Å². The Morgan fingerprint density at radius 2 is 1.76 bits per heavy atom. The molecule has 0 aliphatic rings. The minimum atomic E-state index is -3.78. The molecule has 0 unspecified atom stereocenters. The minimum Gasteiger partial charge on any atom is -0.465 e. The van der Waals surface area contributed by atoms with E-state index in [0.29, 0.717) is 28.0 Å². The molecule has 0 bridgehead atoms. The molecule has 0 aliphatic heterocycles. The number of pyridine rings is 1. The third kappa shape index (κ3) is 3.74. The van der Waals surface area contributed by atoms with Crippen molar-refractivity contribution in [2.24, 2.45) is 0 Å². The second-order valence-electron chi connectivity index (χ2n) is 7.91. The van der Waals surface area contributed by atoms with Gasteiger partial charge in [0.05, 0.1) is 34.5 Å². The van der Waals surface area contributed by atoms with Crippen molar-refractivity contribution in [3.63, 3.8) is 0 Å². The van der Waals surface area contributed by atoms with Crippen molar-refractivity contribution in [1.29, 1.82) is 0 Å². The first-order valence-electron chi connectivity index (χ1n) is 10.3. The molecule has 4 aromatic rings. The van der Waals surface area contributed by atoms with Gasteiger partial charge >= 0.3 is 5.97 Å². The maximum atomic E-state index is 13.4. The Morgan fingerprint density at radius 1 is 1.06 bits per heavy atom. The summed E-state index contributed by atoms with van der Waals surface area (Å²) in [6, 6.07) is 14.1. The minimum absolute atomic E-state index is 0.223. The van der Waals surface area contributed by atoms with Crippen molar-refractivity contribution >= 4 is 33.0 Å². The number of nitrogens with zero attached hydrogens (tertiary/aromatic N) is 2. The van der Waals surface area contributed by atoms with Crippen LogP contribution in [0.4, 0.5) is 0 Å². The van der Waals surface area contributed by atoms with Crippen molar-refractivity contribution in [2.45, 2.75) is 25.7 Å². The van der Waals surface area contributed by atoms with Gasteiger partial charge in [0.15, 0.2) is 0 Å². The van der Waals surface area contributed by atoms with E-state index in [0.717, 1.165) is 22.1 Å². The molecule has 0 fully saturated rings. The average Bonchev–Trinajstić information content (AvgIpc) is 3.15. The topological polar surface area (TPSA) is 78.3 Å². The lowest BCUT2D eigenvalue weighted by molar-refractivity contribution is 0.0599. The van der Waals surface area contributed by atoms with Gasteiger partial charge in [0.25, 0.3) is 10.0 Å². The SMILES string of the molecule is C=Cc1nc(-c2cccc3c2c(C)cn3S(=O)(=O)c2ccc(C)cc2)cc(C)c1C(=O)OC. The number of aromatic nitrogens is 2.